The van der Waals surface area contributed by atoms with Crippen LogP contribution in [-0.2, 0) is 22.6 Å². The second-order valence-corrected chi connectivity index (χ2v) is 7.63. The summed E-state index contributed by atoms with van der Waals surface area (Å²) in [5, 5.41) is 13.0. The van der Waals surface area contributed by atoms with Gasteiger partial charge in [-0.2, -0.15) is 5.10 Å². The minimum Gasteiger partial charge on any atom is -0.353 e. The molecule has 1 aromatic heterocycles. The lowest BCUT2D eigenvalue weighted by Crippen LogP contribution is -2.39. The number of carbonyl (C=O) groups is 2. The zero-order valence-electron chi connectivity index (χ0n) is 15.6. The van der Waals surface area contributed by atoms with Crippen LogP contribution in [-0.4, -0.2) is 39.5 Å². The van der Waals surface area contributed by atoms with Gasteiger partial charge in [0.05, 0.1) is 5.69 Å². The molecule has 0 saturated carbocycles. The molecule has 1 fully saturated rings. The van der Waals surface area contributed by atoms with Crippen molar-refractivity contribution in [2.45, 2.75) is 38.3 Å². The van der Waals surface area contributed by atoms with Crippen LogP contribution in [0.2, 0.25) is 0 Å². The van der Waals surface area contributed by atoms with E-state index in [0.717, 1.165) is 40.7 Å². The van der Waals surface area contributed by atoms with Gasteiger partial charge >= 0.3 is 0 Å². The Morgan fingerprint density at radius 2 is 2.00 bits per heavy atom. The van der Waals surface area contributed by atoms with Gasteiger partial charge in [-0.05, 0) is 17.2 Å². The van der Waals surface area contributed by atoms with E-state index in [2.05, 4.69) is 39.8 Å². The Hall–Kier alpha value is -3.15. The first kappa shape index (κ1) is 17.0. The van der Waals surface area contributed by atoms with E-state index in [0.29, 0.717) is 25.9 Å². The van der Waals surface area contributed by atoms with Crippen molar-refractivity contribution >= 4 is 22.6 Å². The lowest BCUT2D eigenvalue weighted by molar-refractivity contribution is -0.132. The predicted octanol–water partition coefficient (Wildman–Crippen LogP) is 2.78. The molecule has 0 spiro atoms. The van der Waals surface area contributed by atoms with Crippen molar-refractivity contribution < 1.29 is 9.59 Å². The molecule has 1 atom stereocenters. The molecule has 3 heterocycles. The summed E-state index contributed by atoms with van der Waals surface area (Å²) in [5.41, 5.74) is 4.24. The van der Waals surface area contributed by atoms with Gasteiger partial charge in [0, 0.05) is 55.2 Å². The van der Waals surface area contributed by atoms with E-state index in [-0.39, 0.29) is 17.9 Å². The Labute approximate surface area is 162 Å². The van der Waals surface area contributed by atoms with Crippen LogP contribution in [0.1, 0.15) is 30.5 Å². The highest BCUT2D eigenvalue weighted by Crippen LogP contribution is 2.33. The standard InChI is InChI=1S/C22H22N4O2/c27-20-9-8-15(23-20)12-21(28)26-11-10-19-18(13-26)22(25-24-19)17-7-3-5-14-4-1-2-6-16(14)17/h1-7,15H,8-13H2,(H,23,27)(H,24,25)/t15-/m1/s1. The summed E-state index contributed by atoms with van der Waals surface area (Å²) < 4.78 is 0. The van der Waals surface area contributed by atoms with E-state index in [9.17, 15) is 9.59 Å². The third-order valence-corrected chi connectivity index (χ3v) is 5.84. The Balaban J connectivity index is 1.42. The van der Waals surface area contributed by atoms with Crippen molar-refractivity contribution in [1.82, 2.24) is 20.4 Å². The number of rotatable bonds is 3. The largest absolute Gasteiger partial charge is 0.353 e. The van der Waals surface area contributed by atoms with Gasteiger partial charge in [0.2, 0.25) is 11.8 Å². The molecule has 2 amide bonds. The highest BCUT2D eigenvalue weighted by Gasteiger charge is 2.29. The van der Waals surface area contributed by atoms with Crippen molar-refractivity contribution in [2.75, 3.05) is 6.54 Å². The van der Waals surface area contributed by atoms with Crippen molar-refractivity contribution in [3.63, 3.8) is 0 Å². The van der Waals surface area contributed by atoms with Crippen molar-refractivity contribution in [3.8, 4) is 11.3 Å². The second-order valence-electron chi connectivity index (χ2n) is 7.63. The average Bonchev–Trinajstić information content (AvgIpc) is 3.33. The van der Waals surface area contributed by atoms with E-state index < -0.39 is 0 Å². The molecule has 2 aliphatic heterocycles. The fourth-order valence-corrected chi connectivity index (χ4v) is 4.33. The molecule has 0 unspecified atom stereocenters. The number of aromatic nitrogens is 2. The van der Waals surface area contributed by atoms with E-state index in [4.69, 9.17) is 0 Å². The molecule has 0 aliphatic carbocycles. The van der Waals surface area contributed by atoms with Gasteiger partial charge < -0.3 is 10.2 Å². The maximum atomic E-state index is 12.8. The number of nitrogens with one attached hydrogen (secondary N) is 2. The summed E-state index contributed by atoms with van der Waals surface area (Å²) in [6, 6.07) is 14.5. The van der Waals surface area contributed by atoms with Crippen molar-refractivity contribution in [2.24, 2.45) is 0 Å². The van der Waals surface area contributed by atoms with Crippen LogP contribution in [0, 0.1) is 0 Å². The molecular formula is C22H22N4O2. The smallest absolute Gasteiger partial charge is 0.224 e. The van der Waals surface area contributed by atoms with Crippen molar-refractivity contribution in [3.05, 3.63) is 53.7 Å². The molecule has 6 nitrogen and oxygen atoms in total. The highest BCUT2D eigenvalue weighted by molar-refractivity contribution is 5.96. The van der Waals surface area contributed by atoms with Gasteiger partial charge in [0.25, 0.3) is 0 Å². The normalized spacial score (nSPS) is 18.9. The molecule has 0 radical (unpaired) electrons. The predicted molar refractivity (Wildman–Crippen MR) is 106 cm³/mol. The minimum absolute atomic E-state index is 0.0247. The first-order chi connectivity index (χ1) is 13.7. The molecule has 28 heavy (non-hydrogen) atoms. The summed E-state index contributed by atoms with van der Waals surface area (Å²) >= 11 is 0. The summed E-state index contributed by atoms with van der Waals surface area (Å²) in [7, 11) is 0. The molecule has 2 N–H and O–H groups in total. The number of hydrogen-bond acceptors (Lipinski definition) is 3. The zero-order chi connectivity index (χ0) is 19.1. The number of nitrogens with zero attached hydrogens (tertiary/aromatic N) is 2. The lowest BCUT2D eigenvalue weighted by Gasteiger charge is -2.28. The molecule has 5 rings (SSSR count). The van der Waals surface area contributed by atoms with E-state index in [1.807, 2.05) is 23.1 Å². The third kappa shape index (κ3) is 2.95. The number of carbonyl (C=O) groups excluding carboxylic acids is 2. The number of fused-ring (bicyclic) bond motifs is 2. The van der Waals surface area contributed by atoms with Crippen LogP contribution in [0.15, 0.2) is 42.5 Å². The van der Waals surface area contributed by atoms with Gasteiger partial charge in [-0.15, -0.1) is 0 Å². The quantitative estimate of drug-likeness (QED) is 0.740. The molecule has 0 bridgehead atoms. The van der Waals surface area contributed by atoms with Gasteiger partial charge in [-0.25, -0.2) is 0 Å². The van der Waals surface area contributed by atoms with Crippen LogP contribution < -0.4 is 5.32 Å². The fraction of sp³-hybridized carbons (Fsp3) is 0.318. The van der Waals surface area contributed by atoms with Gasteiger partial charge in [-0.1, -0.05) is 42.5 Å². The highest BCUT2D eigenvalue weighted by atomic mass is 16.2. The van der Waals surface area contributed by atoms with Gasteiger partial charge in [-0.3, -0.25) is 14.7 Å². The third-order valence-electron chi connectivity index (χ3n) is 5.84. The zero-order valence-corrected chi connectivity index (χ0v) is 15.6. The summed E-state index contributed by atoms with van der Waals surface area (Å²) in [5.74, 6) is 0.148. The lowest BCUT2D eigenvalue weighted by atomic mass is 9.96. The number of H-pyrrole nitrogens is 1. The molecule has 2 aliphatic rings. The summed E-state index contributed by atoms with van der Waals surface area (Å²) in [6.07, 6.45) is 2.42. The van der Waals surface area contributed by atoms with Gasteiger partial charge in [0.15, 0.2) is 0 Å². The van der Waals surface area contributed by atoms with E-state index in [1.165, 1.54) is 5.39 Å². The van der Waals surface area contributed by atoms with Crippen LogP contribution in [0.5, 0.6) is 0 Å². The molecule has 2 aromatic carbocycles. The number of hydrogen-bond donors (Lipinski definition) is 2. The molecule has 6 heteroatoms. The van der Waals surface area contributed by atoms with Crippen LogP contribution in [0.3, 0.4) is 0 Å². The topological polar surface area (TPSA) is 78.1 Å². The van der Waals surface area contributed by atoms with Crippen LogP contribution in [0.25, 0.3) is 22.0 Å². The Kier molecular flexibility index (Phi) is 4.11. The Bertz CT molecular complexity index is 1070. The average molecular weight is 374 g/mol. The van der Waals surface area contributed by atoms with E-state index >= 15 is 0 Å². The fourth-order valence-electron chi connectivity index (χ4n) is 4.33. The second kappa shape index (κ2) is 6.78. The van der Waals surface area contributed by atoms with Crippen LogP contribution >= 0.6 is 0 Å². The number of benzene rings is 2. The summed E-state index contributed by atoms with van der Waals surface area (Å²) in [6.45, 7) is 1.24. The maximum absolute atomic E-state index is 12.8. The molecule has 142 valence electrons. The Morgan fingerprint density at radius 3 is 2.86 bits per heavy atom. The van der Waals surface area contributed by atoms with Crippen molar-refractivity contribution in [1.29, 1.82) is 0 Å². The monoisotopic (exact) mass is 374 g/mol. The molecule has 3 aromatic rings. The molecule has 1 saturated heterocycles. The van der Waals surface area contributed by atoms with Gasteiger partial charge in [0.1, 0.15) is 0 Å². The summed E-state index contributed by atoms with van der Waals surface area (Å²) in [4.78, 5) is 26.1. The first-order valence-corrected chi connectivity index (χ1v) is 9.80. The number of aromatic amines is 1. The Morgan fingerprint density at radius 1 is 1.14 bits per heavy atom. The van der Waals surface area contributed by atoms with E-state index in [1.54, 1.807) is 0 Å². The number of amides is 2. The molecular weight excluding hydrogens is 352 g/mol. The maximum Gasteiger partial charge on any atom is 0.224 e. The first-order valence-electron chi connectivity index (χ1n) is 9.80. The minimum atomic E-state index is -0.0247. The van der Waals surface area contributed by atoms with Crippen LogP contribution in [0.4, 0.5) is 0 Å². The SMILES string of the molecule is O=C1CC[C@H](CC(=O)N2CCc3[nH]nc(-c4cccc5ccccc45)c3C2)N1.